The number of rotatable bonds is 3. The normalized spacial score (nSPS) is 13.5. The SMILES string of the molecule is O=C(Cc1coc2cc3c(cc12)CCC3)Nc1cn[nH]c1. The van der Waals surface area contributed by atoms with E-state index in [1.54, 1.807) is 18.7 Å². The molecule has 0 radical (unpaired) electrons. The van der Waals surface area contributed by atoms with Gasteiger partial charge in [-0.1, -0.05) is 0 Å². The molecule has 5 heteroatoms. The number of aryl methyl sites for hydroxylation is 2. The van der Waals surface area contributed by atoms with Crippen molar-refractivity contribution < 1.29 is 9.21 Å². The highest BCUT2D eigenvalue weighted by Gasteiger charge is 2.16. The first-order chi connectivity index (χ1) is 10.3. The van der Waals surface area contributed by atoms with Gasteiger partial charge >= 0.3 is 0 Å². The molecule has 1 aliphatic carbocycles. The lowest BCUT2D eigenvalue weighted by Gasteiger charge is -2.02. The lowest BCUT2D eigenvalue weighted by atomic mass is 10.0. The van der Waals surface area contributed by atoms with Crippen molar-refractivity contribution in [3.8, 4) is 0 Å². The van der Waals surface area contributed by atoms with Gasteiger partial charge in [-0.2, -0.15) is 5.10 Å². The quantitative estimate of drug-likeness (QED) is 0.775. The van der Waals surface area contributed by atoms with Crippen LogP contribution in [0.15, 0.2) is 35.2 Å². The first-order valence-corrected chi connectivity index (χ1v) is 7.10. The predicted octanol–water partition coefficient (Wildman–Crippen LogP) is 2.83. The molecule has 3 aromatic rings. The van der Waals surface area contributed by atoms with Crippen molar-refractivity contribution in [1.82, 2.24) is 10.2 Å². The van der Waals surface area contributed by atoms with Crippen LogP contribution in [0.1, 0.15) is 23.1 Å². The smallest absolute Gasteiger partial charge is 0.229 e. The number of carbonyl (C=O) groups excluding carboxylic acids is 1. The molecule has 4 rings (SSSR count). The summed E-state index contributed by atoms with van der Waals surface area (Å²) < 4.78 is 5.61. The van der Waals surface area contributed by atoms with Crippen molar-refractivity contribution in [2.45, 2.75) is 25.7 Å². The van der Waals surface area contributed by atoms with Crippen LogP contribution in [0.4, 0.5) is 5.69 Å². The average Bonchev–Trinajstić information content (AvgIpc) is 3.18. The molecule has 0 saturated carbocycles. The molecule has 0 atom stereocenters. The number of anilines is 1. The molecule has 0 spiro atoms. The van der Waals surface area contributed by atoms with E-state index in [-0.39, 0.29) is 5.91 Å². The summed E-state index contributed by atoms with van der Waals surface area (Å²) in [5.41, 5.74) is 5.25. The van der Waals surface area contributed by atoms with Crippen LogP contribution >= 0.6 is 0 Å². The highest BCUT2D eigenvalue weighted by atomic mass is 16.3. The molecule has 0 bridgehead atoms. The van der Waals surface area contributed by atoms with Gasteiger partial charge in [-0.05, 0) is 42.5 Å². The van der Waals surface area contributed by atoms with Crippen molar-refractivity contribution >= 4 is 22.6 Å². The van der Waals surface area contributed by atoms with Gasteiger partial charge in [0, 0.05) is 17.1 Å². The van der Waals surface area contributed by atoms with Crippen molar-refractivity contribution in [2.75, 3.05) is 5.32 Å². The molecule has 21 heavy (non-hydrogen) atoms. The zero-order chi connectivity index (χ0) is 14.2. The van der Waals surface area contributed by atoms with Gasteiger partial charge in [0.15, 0.2) is 0 Å². The number of aromatic amines is 1. The third-order valence-corrected chi connectivity index (χ3v) is 4.00. The third-order valence-electron chi connectivity index (χ3n) is 4.00. The van der Waals surface area contributed by atoms with Gasteiger partial charge < -0.3 is 9.73 Å². The van der Waals surface area contributed by atoms with E-state index < -0.39 is 0 Å². The summed E-state index contributed by atoms with van der Waals surface area (Å²) >= 11 is 0. The maximum absolute atomic E-state index is 12.1. The molecular weight excluding hydrogens is 266 g/mol. The second-order valence-electron chi connectivity index (χ2n) is 5.44. The maximum atomic E-state index is 12.1. The molecule has 1 aromatic carbocycles. The van der Waals surface area contributed by atoms with Crippen molar-refractivity contribution in [3.05, 3.63) is 47.5 Å². The highest BCUT2D eigenvalue weighted by Crippen LogP contribution is 2.30. The molecule has 1 aliphatic rings. The predicted molar refractivity (Wildman–Crippen MR) is 79.2 cm³/mol. The number of furan rings is 1. The summed E-state index contributed by atoms with van der Waals surface area (Å²) in [7, 11) is 0. The fourth-order valence-electron chi connectivity index (χ4n) is 2.98. The van der Waals surface area contributed by atoms with E-state index in [1.807, 2.05) is 0 Å². The van der Waals surface area contributed by atoms with E-state index in [9.17, 15) is 4.79 Å². The maximum Gasteiger partial charge on any atom is 0.229 e. The average molecular weight is 281 g/mol. The summed E-state index contributed by atoms with van der Waals surface area (Å²) in [6, 6.07) is 4.30. The molecule has 5 nitrogen and oxygen atoms in total. The topological polar surface area (TPSA) is 70.9 Å². The Balaban J connectivity index is 1.60. The molecule has 0 unspecified atom stereocenters. The monoisotopic (exact) mass is 281 g/mol. The minimum atomic E-state index is -0.0698. The number of nitrogens with zero attached hydrogens (tertiary/aromatic N) is 1. The van der Waals surface area contributed by atoms with E-state index in [2.05, 4.69) is 27.6 Å². The molecule has 0 fully saturated rings. The lowest BCUT2D eigenvalue weighted by Crippen LogP contribution is -2.13. The number of amides is 1. The number of hydrogen-bond acceptors (Lipinski definition) is 3. The van der Waals surface area contributed by atoms with Crippen LogP contribution in [-0.4, -0.2) is 16.1 Å². The number of H-pyrrole nitrogens is 1. The lowest BCUT2D eigenvalue weighted by molar-refractivity contribution is -0.115. The number of benzene rings is 1. The van der Waals surface area contributed by atoms with Gasteiger partial charge in [0.2, 0.25) is 5.91 Å². The summed E-state index contributed by atoms with van der Waals surface area (Å²) in [4.78, 5) is 12.1. The van der Waals surface area contributed by atoms with Crippen LogP contribution in [0.5, 0.6) is 0 Å². The molecule has 2 heterocycles. The van der Waals surface area contributed by atoms with E-state index >= 15 is 0 Å². The molecule has 1 amide bonds. The molecular formula is C16H15N3O2. The summed E-state index contributed by atoms with van der Waals surface area (Å²) in [6.45, 7) is 0. The van der Waals surface area contributed by atoms with E-state index in [0.29, 0.717) is 12.1 Å². The second-order valence-corrected chi connectivity index (χ2v) is 5.44. The van der Waals surface area contributed by atoms with Gasteiger partial charge in [0.25, 0.3) is 0 Å². The van der Waals surface area contributed by atoms with Crippen LogP contribution in [-0.2, 0) is 24.1 Å². The zero-order valence-corrected chi connectivity index (χ0v) is 11.5. The van der Waals surface area contributed by atoms with Crippen LogP contribution in [0.3, 0.4) is 0 Å². The van der Waals surface area contributed by atoms with E-state index in [1.165, 1.54) is 17.5 Å². The third kappa shape index (κ3) is 2.20. The Kier molecular flexibility index (Phi) is 2.77. The molecule has 0 saturated heterocycles. The number of nitrogens with one attached hydrogen (secondary N) is 2. The Labute approximate surface area is 121 Å². The Hall–Kier alpha value is -2.56. The van der Waals surface area contributed by atoms with Crippen LogP contribution < -0.4 is 5.32 Å². The largest absolute Gasteiger partial charge is 0.464 e. The Bertz CT molecular complexity index is 802. The molecule has 2 aromatic heterocycles. The van der Waals surface area contributed by atoms with E-state index in [4.69, 9.17) is 4.42 Å². The zero-order valence-electron chi connectivity index (χ0n) is 11.5. The fraction of sp³-hybridized carbons (Fsp3) is 0.250. The van der Waals surface area contributed by atoms with Gasteiger partial charge in [-0.3, -0.25) is 9.89 Å². The number of fused-ring (bicyclic) bond motifs is 2. The molecule has 0 aliphatic heterocycles. The minimum absolute atomic E-state index is 0.0698. The highest BCUT2D eigenvalue weighted by molar-refractivity contribution is 5.95. The standard InChI is InChI=1S/C16H15N3O2/c20-16(19-13-7-17-18-8-13)6-12-9-21-15-5-11-3-1-2-10(11)4-14(12)15/h4-5,7-9H,1-3,6H2,(H,17,18)(H,19,20). The van der Waals surface area contributed by atoms with Crippen molar-refractivity contribution in [3.63, 3.8) is 0 Å². The minimum Gasteiger partial charge on any atom is -0.464 e. The summed E-state index contributed by atoms with van der Waals surface area (Å²) in [6.07, 6.45) is 8.68. The van der Waals surface area contributed by atoms with Gasteiger partial charge in [0.1, 0.15) is 5.58 Å². The van der Waals surface area contributed by atoms with Crippen molar-refractivity contribution in [1.29, 1.82) is 0 Å². The van der Waals surface area contributed by atoms with Gasteiger partial charge in [0.05, 0.1) is 24.6 Å². The first-order valence-electron chi connectivity index (χ1n) is 7.10. The molecule has 2 N–H and O–H groups in total. The first kappa shape index (κ1) is 12.2. The molecule has 106 valence electrons. The number of aromatic nitrogens is 2. The van der Waals surface area contributed by atoms with E-state index in [0.717, 1.165) is 29.4 Å². The number of hydrogen-bond donors (Lipinski definition) is 2. The Morgan fingerprint density at radius 1 is 1.33 bits per heavy atom. The number of carbonyl (C=O) groups is 1. The summed E-state index contributed by atoms with van der Waals surface area (Å²) in [5.74, 6) is -0.0698. The summed E-state index contributed by atoms with van der Waals surface area (Å²) in [5, 5.41) is 10.3. The fourth-order valence-corrected chi connectivity index (χ4v) is 2.98. The van der Waals surface area contributed by atoms with Gasteiger partial charge in [-0.15, -0.1) is 0 Å². The van der Waals surface area contributed by atoms with Crippen LogP contribution in [0.25, 0.3) is 11.0 Å². The second kappa shape index (κ2) is 4.77. The van der Waals surface area contributed by atoms with Crippen LogP contribution in [0, 0.1) is 0 Å². The van der Waals surface area contributed by atoms with Gasteiger partial charge in [-0.25, -0.2) is 0 Å². The Morgan fingerprint density at radius 2 is 2.19 bits per heavy atom. The van der Waals surface area contributed by atoms with Crippen molar-refractivity contribution in [2.24, 2.45) is 0 Å². The Morgan fingerprint density at radius 3 is 3.00 bits per heavy atom. The van der Waals surface area contributed by atoms with Crippen LogP contribution in [0.2, 0.25) is 0 Å².